The summed E-state index contributed by atoms with van der Waals surface area (Å²) in [4.78, 5) is 16.0. The minimum atomic E-state index is -1.71. The smallest absolute Gasteiger partial charge is 0.143 e. The second kappa shape index (κ2) is 6.29. The van der Waals surface area contributed by atoms with Crippen LogP contribution in [-0.4, -0.2) is 102 Å². The van der Waals surface area contributed by atoms with Crippen molar-refractivity contribution in [3.63, 3.8) is 0 Å². The van der Waals surface area contributed by atoms with Gasteiger partial charge in [0.25, 0.3) is 0 Å². The van der Waals surface area contributed by atoms with E-state index in [0.29, 0.717) is 25.9 Å². The molecule has 7 aliphatic rings. The number of methoxy groups -OCH3 is 3. The molecule has 3 N–H and O–H groups in total. The van der Waals surface area contributed by atoms with Gasteiger partial charge in [-0.25, -0.2) is 0 Å². The van der Waals surface area contributed by atoms with Crippen LogP contribution in [0, 0.1) is 35.0 Å². The first-order chi connectivity index (χ1) is 14.8. The van der Waals surface area contributed by atoms with E-state index in [1.807, 2.05) is 6.92 Å². The van der Waals surface area contributed by atoms with E-state index in [1.54, 1.807) is 14.2 Å². The Morgan fingerprint density at radius 2 is 1.87 bits per heavy atom. The van der Waals surface area contributed by atoms with Crippen molar-refractivity contribution in [1.82, 2.24) is 4.90 Å². The van der Waals surface area contributed by atoms with E-state index in [2.05, 4.69) is 4.90 Å². The number of fused-ring (bicyclic) bond motifs is 4. The molecule has 2 saturated heterocycles. The maximum Gasteiger partial charge on any atom is 0.143 e. The van der Waals surface area contributed by atoms with Gasteiger partial charge in [-0.1, -0.05) is 6.92 Å². The van der Waals surface area contributed by atoms with Gasteiger partial charge >= 0.3 is 0 Å². The molecule has 7 bridgehead atoms. The molecule has 0 amide bonds. The third-order valence-electron chi connectivity index (χ3n) is 10.6. The fourth-order valence-electron chi connectivity index (χ4n) is 9.95. The molecule has 1 spiro atoms. The van der Waals surface area contributed by atoms with Gasteiger partial charge in [0.1, 0.15) is 23.1 Å². The van der Waals surface area contributed by atoms with Gasteiger partial charge in [0.15, 0.2) is 0 Å². The van der Waals surface area contributed by atoms with Crippen molar-refractivity contribution in [2.24, 2.45) is 35.0 Å². The maximum absolute atomic E-state index is 13.8. The maximum atomic E-state index is 13.8. The highest BCUT2D eigenvalue weighted by Gasteiger charge is 2.90. The van der Waals surface area contributed by atoms with Crippen LogP contribution < -0.4 is 0 Å². The fraction of sp³-hybridized carbons (Fsp3) is 0.957. The molecule has 8 heteroatoms. The van der Waals surface area contributed by atoms with Gasteiger partial charge in [-0.15, -0.1) is 0 Å². The van der Waals surface area contributed by atoms with E-state index in [9.17, 15) is 20.1 Å². The molecule has 13 atom stereocenters. The second-order valence-electron chi connectivity index (χ2n) is 10.9. The zero-order chi connectivity index (χ0) is 22.1. The average molecular weight is 438 g/mol. The minimum Gasteiger partial charge on any atom is -0.392 e. The second-order valence-corrected chi connectivity index (χ2v) is 10.9. The lowest BCUT2D eigenvalue weighted by Gasteiger charge is -2.64. The summed E-state index contributed by atoms with van der Waals surface area (Å²) in [6, 6.07) is -0.551. The Balaban J connectivity index is 1.68. The van der Waals surface area contributed by atoms with Crippen LogP contribution in [-0.2, 0) is 19.0 Å². The molecule has 0 aromatic carbocycles. The van der Waals surface area contributed by atoms with Gasteiger partial charge in [0, 0.05) is 57.5 Å². The van der Waals surface area contributed by atoms with E-state index in [-0.39, 0.29) is 48.1 Å². The van der Waals surface area contributed by atoms with Crippen molar-refractivity contribution in [3.05, 3.63) is 0 Å². The van der Waals surface area contributed by atoms with Crippen LogP contribution in [0.3, 0.4) is 0 Å². The van der Waals surface area contributed by atoms with Crippen molar-refractivity contribution in [2.75, 3.05) is 34.4 Å². The summed E-state index contributed by atoms with van der Waals surface area (Å²) >= 11 is 0. The molecule has 5 saturated carbocycles. The predicted molar refractivity (Wildman–Crippen MR) is 108 cm³/mol. The van der Waals surface area contributed by atoms with Crippen molar-refractivity contribution >= 4 is 5.78 Å². The van der Waals surface area contributed by atoms with Gasteiger partial charge in [-0.3, -0.25) is 9.69 Å². The molecule has 5 aliphatic carbocycles. The lowest BCUT2D eigenvalue weighted by atomic mass is 9.47. The lowest BCUT2D eigenvalue weighted by molar-refractivity contribution is -0.307. The van der Waals surface area contributed by atoms with Crippen molar-refractivity contribution < 1.29 is 34.3 Å². The largest absolute Gasteiger partial charge is 0.392 e. The summed E-state index contributed by atoms with van der Waals surface area (Å²) in [5, 5.41) is 36.9. The molecule has 31 heavy (non-hydrogen) atoms. The third-order valence-corrected chi connectivity index (χ3v) is 10.6. The molecule has 0 aromatic heterocycles. The molecule has 0 radical (unpaired) electrons. The number of Topliss-reactive ketones (excluding diaryl/α,β-unsaturated/α-hetero) is 1. The van der Waals surface area contributed by atoms with E-state index < -0.39 is 40.8 Å². The Hall–Kier alpha value is -0.610. The number of hydrogen-bond donors (Lipinski definition) is 3. The summed E-state index contributed by atoms with van der Waals surface area (Å²) in [5.41, 5.74) is -4.11. The molecule has 1 unspecified atom stereocenters. The lowest BCUT2D eigenvalue weighted by Crippen LogP contribution is -2.79. The van der Waals surface area contributed by atoms with E-state index >= 15 is 0 Å². The molecule has 7 rings (SSSR count). The number of carbonyl (C=O) groups excluding carboxylic acids is 1. The minimum absolute atomic E-state index is 0.0562. The summed E-state index contributed by atoms with van der Waals surface area (Å²) in [5.74, 6) is -1.30. The van der Waals surface area contributed by atoms with Crippen molar-refractivity contribution in [1.29, 1.82) is 0 Å². The fourth-order valence-corrected chi connectivity index (χ4v) is 9.95. The highest BCUT2D eigenvalue weighted by atomic mass is 16.5. The summed E-state index contributed by atoms with van der Waals surface area (Å²) in [6.07, 6.45) is -0.793. The van der Waals surface area contributed by atoms with Crippen molar-refractivity contribution in [3.8, 4) is 0 Å². The van der Waals surface area contributed by atoms with Crippen LogP contribution in [0.1, 0.15) is 26.2 Å². The highest BCUT2D eigenvalue weighted by Crippen LogP contribution is 2.77. The average Bonchev–Trinajstić information content (AvgIpc) is 3.11. The van der Waals surface area contributed by atoms with Crippen LogP contribution in [0.5, 0.6) is 0 Å². The molecule has 0 aromatic rings. The quantitative estimate of drug-likeness (QED) is 0.537. The van der Waals surface area contributed by atoms with Gasteiger partial charge < -0.3 is 29.5 Å². The van der Waals surface area contributed by atoms with Crippen LogP contribution in [0.25, 0.3) is 0 Å². The Bertz CT molecular complexity index is 809. The third kappa shape index (κ3) is 1.91. The first-order valence-corrected chi connectivity index (χ1v) is 11.8. The topological polar surface area (TPSA) is 109 Å². The molecule has 2 aliphatic heterocycles. The molecular formula is C23H35NO7. The number of nitrogens with zero attached hydrogens (tertiary/aromatic N) is 1. The number of ketones is 1. The number of hydrogen-bond acceptors (Lipinski definition) is 8. The first kappa shape index (κ1) is 21.0. The molecular weight excluding hydrogens is 402 g/mol. The monoisotopic (exact) mass is 437 g/mol. The molecule has 174 valence electrons. The highest BCUT2D eigenvalue weighted by molar-refractivity contribution is 5.88. The van der Waals surface area contributed by atoms with E-state index in [4.69, 9.17) is 14.2 Å². The summed E-state index contributed by atoms with van der Waals surface area (Å²) in [6.45, 7) is 3.16. The Morgan fingerprint density at radius 3 is 2.48 bits per heavy atom. The zero-order valence-corrected chi connectivity index (χ0v) is 18.7. The van der Waals surface area contributed by atoms with Crippen LogP contribution in [0.4, 0.5) is 0 Å². The molecule has 7 fully saturated rings. The number of aliphatic hydroxyl groups excluding tert-OH is 1. The van der Waals surface area contributed by atoms with E-state index in [0.717, 1.165) is 0 Å². The number of aliphatic hydroxyl groups is 3. The van der Waals surface area contributed by atoms with Gasteiger partial charge in [0.2, 0.25) is 0 Å². The SMILES string of the molecule is CCN1CC2C[C@H](O)[C@@]34[C@@H]5C[C@H]6[C@H](OC)[C@@H]5[C@](O)(C[C@@H]6OC)[C@@](O)([C@@H](OC)[C@@H]3C2=O)[C@@H]14. The van der Waals surface area contributed by atoms with Crippen LogP contribution in [0.15, 0.2) is 0 Å². The predicted octanol–water partition coefficient (Wildman–Crippen LogP) is -0.567. The van der Waals surface area contributed by atoms with Gasteiger partial charge in [-0.05, 0) is 25.3 Å². The van der Waals surface area contributed by atoms with Crippen LogP contribution >= 0.6 is 0 Å². The summed E-state index contributed by atoms with van der Waals surface area (Å²) < 4.78 is 17.7. The summed E-state index contributed by atoms with van der Waals surface area (Å²) in [7, 11) is 4.80. The van der Waals surface area contributed by atoms with Gasteiger partial charge in [-0.2, -0.15) is 0 Å². The normalized spacial score (nSPS) is 61.7. The van der Waals surface area contributed by atoms with Crippen molar-refractivity contribution in [2.45, 2.75) is 67.8 Å². The van der Waals surface area contributed by atoms with Gasteiger partial charge in [0.05, 0.1) is 30.3 Å². The van der Waals surface area contributed by atoms with E-state index in [1.165, 1.54) is 7.11 Å². The number of likely N-dealkylation sites (N-methyl/N-ethyl adjacent to an activating group) is 1. The first-order valence-electron chi connectivity index (χ1n) is 11.8. The Labute approximate surface area is 182 Å². The molecule has 2 heterocycles. The molecule has 8 nitrogen and oxygen atoms in total. The number of ether oxygens (including phenoxy) is 3. The zero-order valence-electron chi connectivity index (χ0n) is 18.7. The Kier molecular flexibility index (Phi) is 4.25. The number of carbonyl (C=O) groups is 1. The Morgan fingerprint density at radius 1 is 1.13 bits per heavy atom. The standard InChI is InChI=1S/C23H35NO7/c1-5-24-9-10-6-14(25)22-12-7-11-13(29-2)8-21(27,15(12)18(11)30-3)23(28,20(22)24)19(31-4)16(22)17(10)26/h10-16,18-20,25,27-28H,5-9H2,1-4H3/t10?,11-,12-,13+,14+,15-,16+,18+,19+,20+,21-,22+,23-/m1/s1. The number of rotatable bonds is 4. The van der Waals surface area contributed by atoms with Crippen LogP contribution in [0.2, 0.25) is 0 Å².